The quantitative estimate of drug-likeness (QED) is 0.761. The fourth-order valence-electron chi connectivity index (χ4n) is 1.75. The zero-order valence-electron chi connectivity index (χ0n) is 8.81. The van der Waals surface area contributed by atoms with Gasteiger partial charge < -0.3 is 4.90 Å². The van der Waals surface area contributed by atoms with Crippen LogP contribution in [-0.2, 0) is 0 Å². The maximum Gasteiger partial charge on any atom is 0.253 e. The van der Waals surface area contributed by atoms with Crippen molar-refractivity contribution < 1.29 is 4.79 Å². The van der Waals surface area contributed by atoms with Crippen molar-refractivity contribution >= 4 is 18.5 Å². The first kappa shape index (κ1) is 10.6. The van der Waals surface area contributed by atoms with Gasteiger partial charge in [0.2, 0.25) is 0 Å². The zero-order chi connectivity index (χ0) is 10.8. The van der Waals surface area contributed by atoms with Gasteiger partial charge in [0.25, 0.3) is 5.91 Å². The first-order chi connectivity index (χ1) is 7.18. The Balaban J connectivity index is 2.09. The SMILES string of the molecule is CN(C(=O)c1ccc(S)cc1)C1CCC1. The zero-order valence-corrected chi connectivity index (χ0v) is 9.71. The maximum absolute atomic E-state index is 12.0. The van der Waals surface area contributed by atoms with Gasteiger partial charge in [0.1, 0.15) is 0 Å². The van der Waals surface area contributed by atoms with Gasteiger partial charge >= 0.3 is 0 Å². The lowest BCUT2D eigenvalue weighted by atomic mass is 9.91. The highest BCUT2D eigenvalue weighted by molar-refractivity contribution is 7.80. The number of rotatable bonds is 2. The molecule has 1 aromatic carbocycles. The lowest BCUT2D eigenvalue weighted by Crippen LogP contribution is -2.41. The molecule has 0 aliphatic heterocycles. The number of nitrogens with zero attached hydrogens (tertiary/aromatic N) is 1. The topological polar surface area (TPSA) is 20.3 Å². The summed E-state index contributed by atoms with van der Waals surface area (Å²) < 4.78 is 0. The average molecular weight is 221 g/mol. The smallest absolute Gasteiger partial charge is 0.253 e. The molecule has 0 bridgehead atoms. The molecule has 15 heavy (non-hydrogen) atoms. The molecule has 1 aliphatic rings. The van der Waals surface area contributed by atoms with Crippen molar-refractivity contribution in [2.75, 3.05) is 7.05 Å². The Morgan fingerprint density at radius 1 is 1.33 bits per heavy atom. The minimum Gasteiger partial charge on any atom is -0.339 e. The van der Waals surface area contributed by atoms with Crippen molar-refractivity contribution in [3.05, 3.63) is 29.8 Å². The Morgan fingerprint density at radius 2 is 1.93 bits per heavy atom. The van der Waals surface area contributed by atoms with Crippen LogP contribution in [0.1, 0.15) is 29.6 Å². The van der Waals surface area contributed by atoms with E-state index in [1.807, 2.05) is 36.2 Å². The molecule has 0 radical (unpaired) electrons. The van der Waals surface area contributed by atoms with Crippen LogP contribution in [0.25, 0.3) is 0 Å². The Hall–Kier alpha value is -0.960. The standard InChI is InChI=1S/C12H15NOS/c1-13(10-3-2-4-10)12(14)9-5-7-11(15)8-6-9/h5-8,10,15H,2-4H2,1H3. The van der Waals surface area contributed by atoms with E-state index in [-0.39, 0.29) is 5.91 Å². The maximum atomic E-state index is 12.0. The third kappa shape index (κ3) is 2.17. The van der Waals surface area contributed by atoms with Crippen LogP contribution >= 0.6 is 12.6 Å². The van der Waals surface area contributed by atoms with E-state index >= 15 is 0 Å². The molecule has 0 atom stereocenters. The number of carbonyl (C=O) groups is 1. The Labute approximate surface area is 95.7 Å². The van der Waals surface area contributed by atoms with Crippen molar-refractivity contribution in [1.82, 2.24) is 4.90 Å². The molecule has 2 rings (SSSR count). The largest absolute Gasteiger partial charge is 0.339 e. The van der Waals surface area contributed by atoms with Crippen LogP contribution in [0.3, 0.4) is 0 Å². The van der Waals surface area contributed by atoms with E-state index in [1.165, 1.54) is 6.42 Å². The molecule has 1 aromatic rings. The highest BCUT2D eigenvalue weighted by Crippen LogP contribution is 2.24. The first-order valence-electron chi connectivity index (χ1n) is 5.24. The molecule has 0 heterocycles. The second-order valence-corrected chi connectivity index (χ2v) is 4.56. The molecule has 1 amide bonds. The third-order valence-electron chi connectivity index (χ3n) is 3.06. The van der Waals surface area contributed by atoms with E-state index in [9.17, 15) is 4.79 Å². The molecule has 3 heteroatoms. The summed E-state index contributed by atoms with van der Waals surface area (Å²) in [5, 5.41) is 0. The van der Waals surface area contributed by atoms with Gasteiger partial charge in [-0.1, -0.05) is 0 Å². The van der Waals surface area contributed by atoms with Crippen LogP contribution in [0.5, 0.6) is 0 Å². The molecular weight excluding hydrogens is 206 g/mol. The fraction of sp³-hybridized carbons (Fsp3) is 0.417. The molecule has 1 saturated carbocycles. The van der Waals surface area contributed by atoms with Crippen LogP contribution in [0.15, 0.2) is 29.2 Å². The molecule has 1 fully saturated rings. The second kappa shape index (κ2) is 4.27. The van der Waals surface area contributed by atoms with Crippen molar-refractivity contribution in [1.29, 1.82) is 0 Å². The number of carbonyl (C=O) groups excluding carboxylic acids is 1. The van der Waals surface area contributed by atoms with Crippen LogP contribution in [0.4, 0.5) is 0 Å². The summed E-state index contributed by atoms with van der Waals surface area (Å²) in [6, 6.07) is 7.82. The number of thiol groups is 1. The van der Waals surface area contributed by atoms with Gasteiger partial charge in [-0.2, -0.15) is 0 Å². The number of benzene rings is 1. The van der Waals surface area contributed by atoms with Crippen molar-refractivity contribution in [3.63, 3.8) is 0 Å². The van der Waals surface area contributed by atoms with E-state index in [0.29, 0.717) is 6.04 Å². The van der Waals surface area contributed by atoms with E-state index in [2.05, 4.69) is 12.6 Å². The first-order valence-corrected chi connectivity index (χ1v) is 5.69. The van der Waals surface area contributed by atoms with Crippen LogP contribution < -0.4 is 0 Å². The summed E-state index contributed by atoms with van der Waals surface area (Å²) in [5.74, 6) is 0.119. The number of hydrogen-bond donors (Lipinski definition) is 1. The van der Waals surface area contributed by atoms with Gasteiger partial charge in [-0.3, -0.25) is 4.79 Å². The van der Waals surface area contributed by atoms with Crippen molar-refractivity contribution in [3.8, 4) is 0 Å². The molecule has 0 N–H and O–H groups in total. The summed E-state index contributed by atoms with van der Waals surface area (Å²) in [6.07, 6.45) is 3.54. The Morgan fingerprint density at radius 3 is 2.40 bits per heavy atom. The molecule has 1 aliphatic carbocycles. The summed E-state index contributed by atoms with van der Waals surface area (Å²) in [6.45, 7) is 0. The van der Waals surface area contributed by atoms with Crippen LogP contribution in [-0.4, -0.2) is 23.9 Å². The lowest BCUT2D eigenvalue weighted by Gasteiger charge is -2.34. The predicted octanol–water partition coefficient (Wildman–Crippen LogP) is 2.60. The highest BCUT2D eigenvalue weighted by atomic mass is 32.1. The number of hydrogen-bond acceptors (Lipinski definition) is 2. The van der Waals surface area contributed by atoms with Crippen LogP contribution in [0.2, 0.25) is 0 Å². The summed E-state index contributed by atoms with van der Waals surface area (Å²) in [4.78, 5) is 14.7. The van der Waals surface area contributed by atoms with E-state index in [1.54, 1.807) is 0 Å². The summed E-state index contributed by atoms with van der Waals surface area (Å²) in [7, 11) is 1.89. The van der Waals surface area contributed by atoms with E-state index in [4.69, 9.17) is 0 Å². The second-order valence-electron chi connectivity index (χ2n) is 4.05. The van der Waals surface area contributed by atoms with Gasteiger partial charge in [0.15, 0.2) is 0 Å². The van der Waals surface area contributed by atoms with Crippen molar-refractivity contribution in [2.24, 2.45) is 0 Å². The molecular formula is C12H15NOS. The number of amides is 1. The van der Waals surface area contributed by atoms with Gasteiger partial charge in [0.05, 0.1) is 0 Å². The van der Waals surface area contributed by atoms with Gasteiger partial charge in [0, 0.05) is 23.5 Å². The highest BCUT2D eigenvalue weighted by Gasteiger charge is 2.25. The van der Waals surface area contributed by atoms with Gasteiger partial charge in [-0.15, -0.1) is 12.6 Å². The Kier molecular flexibility index (Phi) is 3.00. The fourth-order valence-corrected chi connectivity index (χ4v) is 1.90. The molecule has 0 unspecified atom stereocenters. The molecule has 80 valence electrons. The third-order valence-corrected chi connectivity index (χ3v) is 3.36. The molecule has 2 nitrogen and oxygen atoms in total. The minimum absolute atomic E-state index is 0.119. The molecule has 0 saturated heterocycles. The molecule has 0 spiro atoms. The average Bonchev–Trinajstić information content (AvgIpc) is 2.15. The minimum atomic E-state index is 0.119. The summed E-state index contributed by atoms with van der Waals surface area (Å²) >= 11 is 4.20. The lowest BCUT2D eigenvalue weighted by molar-refractivity contribution is 0.0652. The monoisotopic (exact) mass is 221 g/mol. The van der Waals surface area contributed by atoms with Gasteiger partial charge in [-0.25, -0.2) is 0 Å². The van der Waals surface area contributed by atoms with Gasteiger partial charge in [-0.05, 0) is 43.5 Å². The normalized spacial score (nSPS) is 15.9. The van der Waals surface area contributed by atoms with E-state index < -0.39 is 0 Å². The Bertz CT molecular complexity index is 356. The van der Waals surface area contributed by atoms with Crippen LogP contribution in [0, 0.1) is 0 Å². The predicted molar refractivity (Wildman–Crippen MR) is 63.4 cm³/mol. The molecule has 0 aromatic heterocycles. The van der Waals surface area contributed by atoms with Crippen molar-refractivity contribution in [2.45, 2.75) is 30.2 Å². The van der Waals surface area contributed by atoms with E-state index in [0.717, 1.165) is 23.3 Å². The summed E-state index contributed by atoms with van der Waals surface area (Å²) in [5.41, 5.74) is 0.752.